The summed E-state index contributed by atoms with van der Waals surface area (Å²) in [4.78, 5) is 0. The first-order valence-electron chi connectivity index (χ1n) is 4.26. The molecule has 0 aliphatic heterocycles. The zero-order chi connectivity index (χ0) is 8.32. The van der Waals surface area contributed by atoms with Gasteiger partial charge < -0.3 is 15.2 Å². The zero-order valence-corrected chi connectivity index (χ0v) is 7.34. The second kappa shape index (κ2) is 3.52. The molecule has 1 fully saturated rings. The van der Waals surface area contributed by atoms with Crippen molar-refractivity contribution in [3.05, 3.63) is 0 Å². The van der Waals surface area contributed by atoms with Crippen molar-refractivity contribution in [1.82, 2.24) is 0 Å². The molecule has 1 aliphatic carbocycles. The van der Waals surface area contributed by atoms with Crippen LogP contribution in [-0.2, 0) is 4.74 Å². The minimum Gasteiger partial charge on any atom is -0.363 e. The van der Waals surface area contributed by atoms with Crippen molar-refractivity contribution in [1.29, 1.82) is 0 Å². The van der Waals surface area contributed by atoms with Gasteiger partial charge in [0.1, 0.15) is 5.54 Å². The summed E-state index contributed by atoms with van der Waals surface area (Å²) < 4.78 is 4.95. The molecular formula is C8H18NO2+. The molecule has 0 saturated heterocycles. The summed E-state index contributed by atoms with van der Waals surface area (Å²) >= 11 is 0. The van der Waals surface area contributed by atoms with Gasteiger partial charge in [0, 0.05) is 20.0 Å². The maximum absolute atomic E-state index is 9.55. The lowest BCUT2D eigenvalue weighted by molar-refractivity contribution is -0.719. The van der Waals surface area contributed by atoms with Crippen LogP contribution in [0.4, 0.5) is 0 Å². The molecule has 0 bridgehead atoms. The summed E-state index contributed by atoms with van der Waals surface area (Å²) in [6.07, 6.45) is 3.96. The van der Waals surface area contributed by atoms with Gasteiger partial charge in [0.05, 0.1) is 7.05 Å². The Kier molecular flexibility index (Phi) is 2.87. The molecular weight excluding hydrogens is 142 g/mol. The number of aliphatic hydroxyl groups is 1. The molecule has 0 aromatic rings. The van der Waals surface area contributed by atoms with Gasteiger partial charge in [0.15, 0.2) is 0 Å². The molecule has 0 heterocycles. The summed E-state index contributed by atoms with van der Waals surface area (Å²) in [6.45, 7) is 0. The van der Waals surface area contributed by atoms with E-state index in [1.807, 2.05) is 7.05 Å². The van der Waals surface area contributed by atoms with Gasteiger partial charge in [-0.25, -0.2) is 0 Å². The van der Waals surface area contributed by atoms with Crippen LogP contribution < -0.4 is 5.32 Å². The monoisotopic (exact) mass is 160 g/mol. The number of rotatable bonds is 3. The zero-order valence-electron chi connectivity index (χ0n) is 7.34. The summed E-state index contributed by atoms with van der Waals surface area (Å²) in [5.74, 6) is 0. The second-order valence-electron chi connectivity index (χ2n) is 3.32. The largest absolute Gasteiger partial charge is 0.363 e. The predicted octanol–water partition coefficient (Wildman–Crippen LogP) is -0.543. The van der Waals surface area contributed by atoms with Gasteiger partial charge in [0.2, 0.25) is 6.29 Å². The molecule has 1 atom stereocenters. The van der Waals surface area contributed by atoms with E-state index in [0.29, 0.717) is 0 Å². The van der Waals surface area contributed by atoms with Gasteiger partial charge in [-0.1, -0.05) is 0 Å². The van der Waals surface area contributed by atoms with Crippen molar-refractivity contribution in [2.24, 2.45) is 0 Å². The summed E-state index contributed by atoms with van der Waals surface area (Å²) in [5.41, 5.74) is -0.0469. The number of nitrogens with two attached hydrogens (primary N) is 1. The highest BCUT2D eigenvalue weighted by molar-refractivity contribution is 4.85. The predicted molar refractivity (Wildman–Crippen MR) is 42.1 cm³/mol. The number of quaternary nitrogens is 1. The van der Waals surface area contributed by atoms with E-state index in [1.165, 1.54) is 12.8 Å². The molecule has 3 heteroatoms. The van der Waals surface area contributed by atoms with E-state index < -0.39 is 6.29 Å². The van der Waals surface area contributed by atoms with E-state index in [-0.39, 0.29) is 5.54 Å². The molecule has 3 N–H and O–H groups in total. The van der Waals surface area contributed by atoms with Gasteiger partial charge in [0.25, 0.3) is 0 Å². The number of ether oxygens (including phenoxy) is 1. The van der Waals surface area contributed by atoms with Gasteiger partial charge >= 0.3 is 0 Å². The molecule has 1 saturated carbocycles. The molecule has 1 unspecified atom stereocenters. The second-order valence-corrected chi connectivity index (χ2v) is 3.32. The summed E-state index contributed by atoms with van der Waals surface area (Å²) in [6, 6.07) is 0. The third-order valence-electron chi connectivity index (χ3n) is 2.82. The number of hydrogen-bond acceptors (Lipinski definition) is 2. The van der Waals surface area contributed by atoms with Crippen LogP contribution in [0.3, 0.4) is 0 Å². The third kappa shape index (κ3) is 1.55. The van der Waals surface area contributed by atoms with E-state index in [2.05, 4.69) is 5.32 Å². The smallest absolute Gasteiger partial charge is 0.210 e. The maximum atomic E-state index is 9.55. The van der Waals surface area contributed by atoms with Crippen molar-refractivity contribution in [3.8, 4) is 0 Å². The van der Waals surface area contributed by atoms with Crippen molar-refractivity contribution in [2.75, 3.05) is 14.2 Å². The quantitative estimate of drug-likeness (QED) is 0.545. The van der Waals surface area contributed by atoms with Crippen LogP contribution >= 0.6 is 0 Å². The molecule has 1 aliphatic rings. The molecule has 0 aromatic heterocycles. The van der Waals surface area contributed by atoms with Crippen LogP contribution in [0.2, 0.25) is 0 Å². The van der Waals surface area contributed by atoms with Crippen LogP contribution in [0.5, 0.6) is 0 Å². The van der Waals surface area contributed by atoms with Crippen LogP contribution in [0, 0.1) is 0 Å². The summed E-state index contributed by atoms with van der Waals surface area (Å²) in [7, 11) is 3.57. The average molecular weight is 160 g/mol. The standard InChI is InChI=1S/C8H17NO2/c1-9-8(7(10)11-2)5-3-4-6-8/h7,9-10H,3-6H2,1-2H3/p+1. The lowest BCUT2D eigenvalue weighted by atomic mass is 9.97. The third-order valence-corrected chi connectivity index (χ3v) is 2.82. The Labute approximate surface area is 67.7 Å². The molecule has 3 nitrogen and oxygen atoms in total. The van der Waals surface area contributed by atoms with E-state index in [4.69, 9.17) is 4.74 Å². The maximum Gasteiger partial charge on any atom is 0.210 e. The van der Waals surface area contributed by atoms with Crippen LogP contribution in [0.15, 0.2) is 0 Å². The first kappa shape index (κ1) is 8.97. The Morgan fingerprint density at radius 3 is 2.36 bits per heavy atom. The topological polar surface area (TPSA) is 46.1 Å². The average Bonchev–Trinajstić information content (AvgIpc) is 2.52. The fourth-order valence-electron chi connectivity index (χ4n) is 1.95. The lowest BCUT2D eigenvalue weighted by Gasteiger charge is -2.28. The van der Waals surface area contributed by atoms with Gasteiger partial charge in [-0.05, 0) is 12.8 Å². The normalized spacial score (nSPS) is 25.4. The molecule has 0 radical (unpaired) electrons. The SMILES string of the molecule is C[NH2+]C1(C(O)OC)CCCC1. The van der Waals surface area contributed by atoms with Crippen molar-refractivity contribution < 1.29 is 15.2 Å². The number of methoxy groups -OCH3 is 1. The highest BCUT2D eigenvalue weighted by Gasteiger charge is 2.43. The van der Waals surface area contributed by atoms with E-state index in [9.17, 15) is 5.11 Å². The minimum atomic E-state index is -0.602. The molecule has 0 amide bonds. The van der Waals surface area contributed by atoms with Gasteiger partial charge in [-0.2, -0.15) is 0 Å². The number of aliphatic hydroxyl groups excluding tert-OH is 1. The molecule has 0 aromatic carbocycles. The summed E-state index contributed by atoms with van der Waals surface area (Å²) in [5, 5.41) is 11.6. The van der Waals surface area contributed by atoms with Crippen molar-refractivity contribution in [2.45, 2.75) is 37.5 Å². The van der Waals surface area contributed by atoms with E-state index in [1.54, 1.807) is 7.11 Å². The van der Waals surface area contributed by atoms with E-state index >= 15 is 0 Å². The Hall–Kier alpha value is -0.120. The van der Waals surface area contributed by atoms with Crippen molar-refractivity contribution >= 4 is 0 Å². The molecule has 1 rings (SSSR count). The molecule has 0 spiro atoms. The van der Waals surface area contributed by atoms with Crippen LogP contribution in [-0.4, -0.2) is 31.1 Å². The highest BCUT2D eigenvalue weighted by atomic mass is 16.6. The number of hydrogen-bond donors (Lipinski definition) is 2. The Morgan fingerprint density at radius 2 is 2.00 bits per heavy atom. The first-order valence-corrected chi connectivity index (χ1v) is 4.26. The minimum absolute atomic E-state index is 0.0469. The van der Waals surface area contributed by atoms with Crippen LogP contribution in [0.25, 0.3) is 0 Å². The fraction of sp³-hybridized carbons (Fsp3) is 1.00. The molecule has 66 valence electrons. The fourth-order valence-corrected chi connectivity index (χ4v) is 1.95. The van der Waals surface area contributed by atoms with E-state index in [0.717, 1.165) is 12.8 Å². The Bertz CT molecular complexity index is 121. The highest BCUT2D eigenvalue weighted by Crippen LogP contribution is 2.29. The number of likely N-dealkylation sites (N-methyl/N-ethyl adjacent to an activating group) is 1. The van der Waals surface area contributed by atoms with Gasteiger partial charge in [-0.15, -0.1) is 0 Å². The molecule has 11 heavy (non-hydrogen) atoms. The Balaban J connectivity index is 2.58. The Morgan fingerprint density at radius 1 is 1.45 bits per heavy atom. The lowest BCUT2D eigenvalue weighted by Crippen LogP contribution is -2.96. The first-order chi connectivity index (χ1) is 5.25. The van der Waals surface area contributed by atoms with Crippen LogP contribution in [0.1, 0.15) is 25.7 Å². The van der Waals surface area contributed by atoms with Crippen molar-refractivity contribution in [3.63, 3.8) is 0 Å². The van der Waals surface area contributed by atoms with Gasteiger partial charge in [-0.3, -0.25) is 0 Å².